The van der Waals surface area contributed by atoms with Crippen molar-refractivity contribution >= 4 is 0 Å². The second kappa shape index (κ2) is 8.59. The van der Waals surface area contributed by atoms with E-state index in [1.54, 1.807) is 7.11 Å². The first kappa shape index (κ1) is 18.7. The van der Waals surface area contributed by atoms with Crippen molar-refractivity contribution in [2.45, 2.75) is 6.54 Å². The predicted molar refractivity (Wildman–Crippen MR) is 117 cm³/mol. The van der Waals surface area contributed by atoms with Gasteiger partial charge >= 0.3 is 0 Å². The lowest BCUT2D eigenvalue weighted by Crippen LogP contribution is -2.43. The highest BCUT2D eigenvalue weighted by Crippen LogP contribution is 2.34. The van der Waals surface area contributed by atoms with Crippen LogP contribution < -0.4 is 4.74 Å². The van der Waals surface area contributed by atoms with E-state index in [1.165, 1.54) is 22.3 Å². The fourth-order valence-electron chi connectivity index (χ4n) is 3.84. The first-order chi connectivity index (χ1) is 13.7. The van der Waals surface area contributed by atoms with E-state index in [9.17, 15) is 0 Å². The molecule has 0 aliphatic carbocycles. The lowest BCUT2D eigenvalue weighted by molar-refractivity contribution is 0.148. The molecule has 1 saturated heterocycles. The molecule has 3 heteroatoms. The average molecular weight is 373 g/mol. The number of rotatable bonds is 5. The van der Waals surface area contributed by atoms with Crippen molar-refractivity contribution in [3.8, 4) is 28.0 Å². The first-order valence-corrected chi connectivity index (χ1v) is 9.96. The summed E-state index contributed by atoms with van der Waals surface area (Å²) in [6.07, 6.45) is 0. The van der Waals surface area contributed by atoms with Crippen LogP contribution in [0, 0.1) is 0 Å². The molecule has 1 aliphatic heterocycles. The molecule has 0 radical (unpaired) electrons. The molecule has 0 saturated carbocycles. The van der Waals surface area contributed by atoms with Crippen molar-refractivity contribution in [2.75, 3.05) is 40.3 Å². The highest BCUT2D eigenvalue weighted by atomic mass is 16.5. The highest BCUT2D eigenvalue weighted by Gasteiger charge is 2.14. The molecule has 3 aromatic carbocycles. The van der Waals surface area contributed by atoms with Crippen molar-refractivity contribution < 1.29 is 4.74 Å². The standard InChI is InChI=1S/C25H28N2O/c1-26-13-15-27(16-14-26)19-20-7-6-10-23(17-20)24-12-11-22(18-25(24)28-2)21-8-4-3-5-9-21/h3-12,17-18H,13-16,19H2,1-2H3. The third kappa shape index (κ3) is 4.27. The molecular weight excluding hydrogens is 344 g/mol. The fraction of sp³-hybridized carbons (Fsp3) is 0.280. The summed E-state index contributed by atoms with van der Waals surface area (Å²) >= 11 is 0. The topological polar surface area (TPSA) is 15.7 Å². The van der Waals surface area contributed by atoms with Crippen LogP contribution in [-0.4, -0.2) is 50.1 Å². The van der Waals surface area contributed by atoms with Gasteiger partial charge in [-0.1, -0.05) is 60.7 Å². The van der Waals surface area contributed by atoms with Gasteiger partial charge in [-0.25, -0.2) is 0 Å². The van der Waals surface area contributed by atoms with E-state index in [2.05, 4.69) is 83.6 Å². The van der Waals surface area contributed by atoms with Gasteiger partial charge in [-0.3, -0.25) is 4.90 Å². The Labute approximate surface area is 168 Å². The highest BCUT2D eigenvalue weighted by molar-refractivity contribution is 5.76. The summed E-state index contributed by atoms with van der Waals surface area (Å²) < 4.78 is 5.75. The molecule has 1 aliphatic rings. The number of piperazine rings is 1. The summed E-state index contributed by atoms with van der Waals surface area (Å²) in [4.78, 5) is 4.93. The van der Waals surface area contributed by atoms with Gasteiger partial charge in [0.2, 0.25) is 0 Å². The minimum absolute atomic E-state index is 0.915. The van der Waals surface area contributed by atoms with Crippen LogP contribution in [0.2, 0.25) is 0 Å². The van der Waals surface area contributed by atoms with Crippen LogP contribution >= 0.6 is 0 Å². The molecule has 144 valence electrons. The fourth-order valence-corrected chi connectivity index (χ4v) is 3.84. The lowest BCUT2D eigenvalue weighted by Gasteiger charge is -2.32. The van der Waals surface area contributed by atoms with E-state index < -0.39 is 0 Å². The van der Waals surface area contributed by atoms with Crippen molar-refractivity contribution in [2.24, 2.45) is 0 Å². The SMILES string of the molecule is COc1cc(-c2ccccc2)ccc1-c1cccc(CN2CCN(C)CC2)c1. The van der Waals surface area contributed by atoms with E-state index in [-0.39, 0.29) is 0 Å². The maximum atomic E-state index is 5.75. The number of hydrogen-bond donors (Lipinski definition) is 0. The molecule has 3 aromatic rings. The molecule has 0 N–H and O–H groups in total. The molecule has 1 fully saturated rings. The van der Waals surface area contributed by atoms with Gasteiger partial charge in [-0.05, 0) is 41.4 Å². The predicted octanol–water partition coefficient (Wildman–Crippen LogP) is 4.78. The van der Waals surface area contributed by atoms with Crippen LogP contribution in [0.4, 0.5) is 0 Å². The summed E-state index contributed by atoms with van der Waals surface area (Å²) in [6, 6.07) is 25.8. The smallest absolute Gasteiger partial charge is 0.127 e. The zero-order valence-electron chi connectivity index (χ0n) is 16.8. The summed E-state index contributed by atoms with van der Waals surface area (Å²) in [7, 11) is 3.95. The quantitative estimate of drug-likeness (QED) is 0.641. The van der Waals surface area contributed by atoms with Gasteiger partial charge in [0, 0.05) is 38.3 Å². The Morgan fingerprint density at radius 3 is 2.25 bits per heavy atom. The van der Waals surface area contributed by atoms with E-state index in [4.69, 9.17) is 4.74 Å². The Morgan fingerprint density at radius 2 is 1.50 bits per heavy atom. The van der Waals surface area contributed by atoms with Crippen LogP contribution in [0.25, 0.3) is 22.3 Å². The van der Waals surface area contributed by atoms with Gasteiger partial charge in [-0.2, -0.15) is 0 Å². The number of methoxy groups -OCH3 is 1. The van der Waals surface area contributed by atoms with Gasteiger partial charge in [0.1, 0.15) is 5.75 Å². The van der Waals surface area contributed by atoms with Gasteiger partial charge in [0.25, 0.3) is 0 Å². The maximum Gasteiger partial charge on any atom is 0.127 e. The molecule has 0 bridgehead atoms. The lowest BCUT2D eigenvalue weighted by atomic mass is 9.98. The molecule has 0 atom stereocenters. The van der Waals surface area contributed by atoms with E-state index in [0.717, 1.165) is 44.0 Å². The first-order valence-electron chi connectivity index (χ1n) is 9.96. The van der Waals surface area contributed by atoms with Crippen molar-refractivity contribution in [3.05, 3.63) is 78.4 Å². The zero-order valence-corrected chi connectivity index (χ0v) is 16.8. The van der Waals surface area contributed by atoms with Crippen LogP contribution in [-0.2, 0) is 6.54 Å². The third-order valence-electron chi connectivity index (χ3n) is 5.55. The summed E-state index contributed by atoms with van der Waals surface area (Å²) in [5.41, 5.74) is 6.09. The Bertz CT molecular complexity index is 915. The molecular formula is C25H28N2O. The minimum Gasteiger partial charge on any atom is -0.496 e. The zero-order chi connectivity index (χ0) is 19.3. The number of nitrogens with zero attached hydrogens (tertiary/aromatic N) is 2. The molecule has 0 aromatic heterocycles. The van der Waals surface area contributed by atoms with E-state index in [0.29, 0.717) is 0 Å². The van der Waals surface area contributed by atoms with Crippen molar-refractivity contribution in [3.63, 3.8) is 0 Å². The number of likely N-dealkylation sites (N-methyl/N-ethyl adjacent to an activating group) is 1. The van der Waals surface area contributed by atoms with E-state index in [1.807, 2.05) is 6.07 Å². The maximum absolute atomic E-state index is 5.75. The van der Waals surface area contributed by atoms with Gasteiger partial charge in [-0.15, -0.1) is 0 Å². The third-order valence-corrected chi connectivity index (χ3v) is 5.55. The molecule has 3 nitrogen and oxygen atoms in total. The van der Waals surface area contributed by atoms with Gasteiger partial charge in [0.15, 0.2) is 0 Å². The number of hydrogen-bond acceptors (Lipinski definition) is 3. The van der Waals surface area contributed by atoms with Crippen molar-refractivity contribution in [1.29, 1.82) is 0 Å². The van der Waals surface area contributed by atoms with Gasteiger partial charge in [0.05, 0.1) is 7.11 Å². The summed E-state index contributed by atoms with van der Waals surface area (Å²) in [6.45, 7) is 5.57. The summed E-state index contributed by atoms with van der Waals surface area (Å²) in [5, 5.41) is 0. The normalized spacial score (nSPS) is 15.5. The number of benzene rings is 3. The van der Waals surface area contributed by atoms with Crippen LogP contribution in [0.1, 0.15) is 5.56 Å². The minimum atomic E-state index is 0.915. The monoisotopic (exact) mass is 372 g/mol. The Kier molecular flexibility index (Phi) is 5.75. The summed E-state index contributed by atoms with van der Waals surface area (Å²) in [5.74, 6) is 0.915. The number of ether oxygens (including phenoxy) is 1. The molecule has 1 heterocycles. The van der Waals surface area contributed by atoms with Crippen LogP contribution in [0.15, 0.2) is 72.8 Å². The Balaban J connectivity index is 1.58. The Hall–Kier alpha value is -2.62. The second-order valence-corrected chi connectivity index (χ2v) is 7.56. The molecule has 28 heavy (non-hydrogen) atoms. The Morgan fingerprint density at radius 1 is 0.750 bits per heavy atom. The second-order valence-electron chi connectivity index (χ2n) is 7.56. The van der Waals surface area contributed by atoms with Crippen molar-refractivity contribution in [1.82, 2.24) is 9.80 Å². The van der Waals surface area contributed by atoms with Crippen LogP contribution in [0.5, 0.6) is 5.75 Å². The van der Waals surface area contributed by atoms with E-state index >= 15 is 0 Å². The molecule has 4 rings (SSSR count). The average Bonchev–Trinajstić information content (AvgIpc) is 2.76. The largest absolute Gasteiger partial charge is 0.496 e. The van der Waals surface area contributed by atoms with Crippen LogP contribution in [0.3, 0.4) is 0 Å². The molecule has 0 unspecified atom stereocenters. The molecule has 0 amide bonds. The van der Waals surface area contributed by atoms with Gasteiger partial charge < -0.3 is 9.64 Å². The molecule has 0 spiro atoms.